The molecule has 0 radical (unpaired) electrons. The molecule has 1 aliphatic rings. The number of carbonyl (C=O) groups excluding carboxylic acids is 2. The first-order chi connectivity index (χ1) is 14.3. The third-order valence-corrected chi connectivity index (χ3v) is 7.80. The second-order valence-corrected chi connectivity index (χ2v) is 10.5. The summed E-state index contributed by atoms with van der Waals surface area (Å²) < 4.78 is 26.9. The number of carbonyl (C=O) groups is 2. The van der Waals surface area contributed by atoms with Crippen molar-refractivity contribution in [3.05, 3.63) is 48.2 Å². The van der Waals surface area contributed by atoms with Crippen LogP contribution < -0.4 is 5.32 Å². The van der Waals surface area contributed by atoms with Gasteiger partial charge in [-0.15, -0.1) is 0 Å². The van der Waals surface area contributed by atoms with E-state index in [0.717, 1.165) is 19.3 Å². The van der Waals surface area contributed by atoms with Gasteiger partial charge >= 0.3 is 0 Å². The molecular formula is C21H25N3O4S2. The molecule has 1 unspecified atom stereocenters. The molecule has 1 saturated heterocycles. The molecular weight excluding hydrogens is 422 g/mol. The van der Waals surface area contributed by atoms with Crippen molar-refractivity contribution in [1.82, 2.24) is 9.29 Å². The van der Waals surface area contributed by atoms with E-state index in [1.165, 1.54) is 29.2 Å². The minimum atomic E-state index is -3.52. The number of hydrogen-bond donors (Lipinski definition) is 1. The molecule has 2 aromatic rings. The molecule has 1 aromatic carbocycles. The lowest BCUT2D eigenvalue weighted by molar-refractivity contribution is -0.115. The van der Waals surface area contributed by atoms with Crippen LogP contribution in [0.15, 0.2) is 52.5 Å². The molecule has 1 fully saturated rings. The summed E-state index contributed by atoms with van der Waals surface area (Å²) in [6.45, 7) is 4.30. The van der Waals surface area contributed by atoms with Crippen molar-refractivity contribution >= 4 is 39.2 Å². The molecule has 2 heterocycles. The first-order valence-electron chi connectivity index (χ1n) is 9.82. The number of ketones is 1. The van der Waals surface area contributed by atoms with Gasteiger partial charge in [-0.05, 0) is 51.0 Å². The minimum Gasteiger partial charge on any atom is -0.325 e. The summed E-state index contributed by atoms with van der Waals surface area (Å²) in [6, 6.07) is 9.94. The Morgan fingerprint density at radius 2 is 1.87 bits per heavy atom. The van der Waals surface area contributed by atoms with Gasteiger partial charge in [0.05, 0.1) is 10.3 Å². The summed E-state index contributed by atoms with van der Waals surface area (Å²) in [6.07, 6.45) is 4.16. The predicted molar refractivity (Wildman–Crippen MR) is 117 cm³/mol. The number of anilines is 1. The molecule has 1 amide bonds. The molecule has 0 bridgehead atoms. The van der Waals surface area contributed by atoms with E-state index in [1.54, 1.807) is 43.3 Å². The van der Waals surface area contributed by atoms with Crippen LogP contribution in [0.5, 0.6) is 0 Å². The highest BCUT2D eigenvalue weighted by molar-refractivity contribution is 8.00. The average Bonchev–Trinajstić information content (AvgIpc) is 2.75. The maximum absolute atomic E-state index is 12.7. The van der Waals surface area contributed by atoms with Crippen LogP contribution in [0.2, 0.25) is 0 Å². The van der Waals surface area contributed by atoms with E-state index in [4.69, 9.17) is 0 Å². The monoisotopic (exact) mass is 447 g/mol. The molecule has 1 atom stereocenters. The zero-order valence-electron chi connectivity index (χ0n) is 17.0. The van der Waals surface area contributed by atoms with Crippen molar-refractivity contribution in [2.75, 3.05) is 18.4 Å². The Kier molecular flexibility index (Phi) is 7.27. The zero-order chi connectivity index (χ0) is 21.7. The fourth-order valence-electron chi connectivity index (χ4n) is 3.14. The molecule has 0 saturated carbocycles. The smallest absolute Gasteiger partial charge is 0.244 e. The molecule has 0 aliphatic carbocycles. The lowest BCUT2D eigenvalue weighted by Crippen LogP contribution is -2.35. The number of benzene rings is 1. The summed E-state index contributed by atoms with van der Waals surface area (Å²) >= 11 is 1.24. The van der Waals surface area contributed by atoms with Gasteiger partial charge in [-0.2, -0.15) is 4.31 Å². The van der Waals surface area contributed by atoms with Gasteiger partial charge in [0.2, 0.25) is 15.9 Å². The van der Waals surface area contributed by atoms with Crippen LogP contribution in [-0.4, -0.2) is 47.7 Å². The summed E-state index contributed by atoms with van der Waals surface area (Å²) in [7, 11) is -3.52. The first-order valence-corrected chi connectivity index (χ1v) is 12.1. The van der Waals surface area contributed by atoms with Gasteiger partial charge in [0.1, 0.15) is 4.90 Å². The average molecular weight is 448 g/mol. The molecule has 30 heavy (non-hydrogen) atoms. The van der Waals surface area contributed by atoms with Crippen LogP contribution >= 0.6 is 11.8 Å². The molecule has 9 heteroatoms. The van der Waals surface area contributed by atoms with Crippen molar-refractivity contribution in [1.29, 1.82) is 0 Å². The Hall–Kier alpha value is -2.23. The predicted octanol–water partition coefficient (Wildman–Crippen LogP) is 3.58. The Bertz CT molecular complexity index is 1020. The Balaban J connectivity index is 1.62. The third-order valence-electron chi connectivity index (χ3n) is 4.87. The van der Waals surface area contributed by atoms with Gasteiger partial charge in [-0.25, -0.2) is 13.4 Å². The van der Waals surface area contributed by atoms with E-state index >= 15 is 0 Å². The van der Waals surface area contributed by atoms with Crippen molar-refractivity contribution in [3.63, 3.8) is 0 Å². The number of Topliss-reactive ketones (excluding diaryl/α,β-unsaturated/α-hetero) is 1. The summed E-state index contributed by atoms with van der Waals surface area (Å²) in [5, 5.41) is 2.90. The largest absolute Gasteiger partial charge is 0.325 e. The number of aromatic nitrogens is 1. The van der Waals surface area contributed by atoms with Gasteiger partial charge in [0, 0.05) is 30.5 Å². The van der Waals surface area contributed by atoms with E-state index in [-0.39, 0.29) is 16.6 Å². The summed E-state index contributed by atoms with van der Waals surface area (Å²) in [5.41, 5.74) is 1.08. The van der Waals surface area contributed by atoms with Crippen LogP contribution in [0.1, 0.15) is 43.5 Å². The maximum atomic E-state index is 12.7. The zero-order valence-corrected chi connectivity index (χ0v) is 18.6. The van der Waals surface area contributed by atoms with Crippen molar-refractivity contribution in [2.24, 2.45) is 0 Å². The molecule has 1 aromatic heterocycles. The Morgan fingerprint density at radius 3 is 2.50 bits per heavy atom. The van der Waals surface area contributed by atoms with Gasteiger partial charge in [-0.1, -0.05) is 30.3 Å². The van der Waals surface area contributed by atoms with E-state index < -0.39 is 15.3 Å². The summed E-state index contributed by atoms with van der Waals surface area (Å²) in [5.74, 6) is -0.301. The molecule has 160 valence electrons. The lowest BCUT2D eigenvalue weighted by Gasteiger charge is -2.25. The number of nitrogens with zero attached hydrogens (tertiary/aromatic N) is 2. The van der Waals surface area contributed by atoms with E-state index in [2.05, 4.69) is 10.3 Å². The fraction of sp³-hybridized carbons (Fsp3) is 0.381. The third kappa shape index (κ3) is 5.47. The quantitative estimate of drug-likeness (QED) is 0.515. The number of rotatable bonds is 7. The van der Waals surface area contributed by atoms with Gasteiger partial charge in [0.15, 0.2) is 5.78 Å². The SMILES string of the molecule is CC(=O)c1cccc(NC(=O)C(C)Sc2ccc(S(=O)(=O)N3CCCCC3)cn2)c1. The maximum Gasteiger partial charge on any atom is 0.244 e. The van der Waals surface area contributed by atoms with E-state index in [0.29, 0.717) is 29.4 Å². The number of hydrogen-bond acceptors (Lipinski definition) is 6. The second kappa shape index (κ2) is 9.72. The standard InChI is InChI=1S/C21H25N3O4S2/c1-15(25)17-7-6-8-18(13-17)23-21(26)16(2)29-20-10-9-19(14-22-20)30(27,28)24-11-4-3-5-12-24/h6-10,13-14,16H,3-5,11-12H2,1-2H3,(H,23,26). The van der Waals surface area contributed by atoms with Gasteiger partial charge < -0.3 is 5.32 Å². The second-order valence-electron chi connectivity index (χ2n) is 7.18. The topological polar surface area (TPSA) is 96.4 Å². The highest BCUT2D eigenvalue weighted by atomic mass is 32.2. The van der Waals surface area contributed by atoms with E-state index in [9.17, 15) is 18.0 Å². The molecule has 7 nitrogen and oxygen atoms in total. The highest BCUT2D eigenvalue weighted by Gasteiger charge is 2.26. The van der Waals surface area contributed by atoms with Gasteiger partial charge in [0.25, 0.3) is 0 Å². The Morgan fingerprint density at radius 1 is 1.13 bits per heavy atom. The van der Waals surface area contributed by atoms with Crippen molar-refractivity contribution in [2.45, 2.75) is 48.3 Å². The number of amides is 1. The van der Waals surface area contributed by atoms with Crippen LogP contribution in [0.4, 0.5) is 5.69 Å². The van der Waals surface area contributed by atoms with E-state index in [1.807, 2.05) is 0 Å². The number of piperidine rings is 1. The number of nitrogens with one attached hydrogen (secondary N) is 1. The number of thioether (sulfide) groups is 1. The molecule has 1 N–H and O–H groups in total. The highest BCUT2D eigenvalue weighted by Crippen LogP contribution is 2.25. The molecule has 1 aliphatic heterocycles. The van der Waals surface area contributed by atoms with Gasteiger partial charge in [-0.3, -0.25) is 9.59 Å². The molecule has 3 rings (SSSR count). The van der Waals surface area contributed by atoms with Crippen LogP contribution in [-0.2, 0) is 14.8 Å². The Labute approximate surface area is 181 Å². The van der Waals surface area contributed by atoms with Crippen LogP contribution in [0, 0.1) is 0 Å². The molecule has 0 spiro atoms. The number of pyridine rings is 1. The van der Waals surface area contributed by atoms with Crippen LogP contribution in [0.3, 0.4) is 0 Å². The van der Waals surface area contributed by atoms with Crippen LogP contribution in [0.25, 0.3) is 0 Å². The normalized spacial score (nSPS) is 16.1. The van der Waals surface area contributed by atoms with Crippen molar-refractivity contribution < 1.29 is 18.0 Å². The van der Waals surface area contributed by atoms with Crippen molar-refractivity contribution in [3.8, 4) is 0 Å². The number of sulfonamides is 1. The lowest BCUT2D eigenvalue weighted by atomic mass is 10.1. The first kappa shape index (κ1) is 22.5. The summed E-state index contributed by atoms with van der Waals surface area (Å²) in [4.78, 5) is 28.4. The fourth-order valence-corrected chi connectivity index (χ4v) is 5.39. The minimum absolute atomic E-state index is 0.0719.